The number of rotatable bonds is 5. The third kappa shape index (κ3) is 7.33. The molecule has 0 aromatic heterocycles. The van der Waals surface area contributed by atoms with Gasteiger partial charge in [-0.2, -0.15) is 0 Å². The number of carbonyl (C=O) groups excluding carboxylic acids is 1. The van der Waals surface area contributed by atoms with E-state index in [1.165, 1.54) is 0 Å². The quantitative estimate of drug-likeness (QED) is 0.632. The highest BCUT2D eigenvalue weighted by Gasteiger charge is 2.19. The molecule has 0 fully saturated rings. The zero-order valence-corrected chi connectivity index (χ0v) is 10.4. The number of carbonyl (C=O) groups is 1. The smallest absolute Gasteiger partial charge is 0.237 e. The molecule has 0 saturated heterocycles. The van der Waals surface area contributed by atoms with Gasteiger partial charge in [0.2, 0.25) is 5.91 Å². The lowest BCUT2D eigenvalue weighted by molar-refractivity contribution is -0.124. The first-order valence-corrected chi connectivity index (χ1v) is 5.49. The predicted octanol–water partition coefficient (Wildman–Crippen LogP) is 0.650. The van der Waals surface area contributed by atoms with Gasteiger partial charge in [0.05, 0.1) is 12.1 Å². The Kier molecular flexibility index (Phi) is 5.83. The minimum atomic E-state index is -0.380. The topological polar surface area (TPSA) is 61.4 Å². The van der Waals surface area contributed by atoms with Crippen LogP contribution in [0.15, 0.2) is 0 Å². The summed E-state index contributed by atoms with van der Waals surface area (Å²) in [6.07, 6.45) is 0.315. The van der Waals surface area contributed by atoms with Crippen molar-refractivity contribution >= 4 is 5.91 Å². The molecule has 0 heterocycles. The van der Waals surface area contributed by atoms with Crippen molar-refractivity contribution < 1.29 is 9.90 Å². The van der Waals surface area contributed by atoms with Crippen molar-refractivity contribution in [2.24, 2.45) is 0 Å². The fraction of sp³-hybridized carbons (Fsp3) is 0.909. The highest BCUT2D eigenvalue weighted by molar-refractivity contribution is 5.81. The molecule has 1 amide bonds. The molecule has 0 saturated carbocycles. The van der Waals surface area contributed by atoms with Crippen LogP contribution in [0.2, 0.25) is 0 Å². The molecular weight excluding hydrogens is 192 g/mol. The number of hydrogen-bond acceptors (Lipinski definition) is 3. The summed E-state index contributed by atoms with van der Waals surface area (Å²) in [5, 5.41) is 15.2. The van der Waals surface area contributed by atoms with Gasteiger partial charge in [0.25, 0.3) is 0 Å². The summed E-state index contributed by atoms with van der Waals surface area (Å²) >= 11 is 0. The SMILES string of the molecule is CCC(O)CNC(C)C(=O)NC(C)(C)C. The molecule has 4 nitrogen and oxygen atoms in total. The second kappa shape index (κ2) is 6.08. The summed E-state index contributed by atoms with van der Waals surface area (Å²) in [4.78, 5) is 11.6. The number of hydrogen-bond donors (Lipinski definition) is 3. The molecule has 0 bridgehead atoms. The fourth-order valence-electron chi connectivity index (χ4n) is 1.03. The van der Waals surface area contributed by atoms with Crippen LogP contribution in [0.4, 0.5) is 0 Å². The summed E-state index contributed by atoms with van der Waals surface area (Å²) in [6, 6.07) is -0.273. The van der Waals surface area contributed by atoms with E-state index in [9.17, 15) is 9.90 Å². The maximum atomic E-state index is 11.6. The molecule has 3 N–H and O–H groups in total. The van der Waals surface area contributed by atoms with Crippen molar-refractivity contribution in [3.05, 3.63) is 0 Å². The third-order valence-electron chi connectivity index (χ3n) is 2.02. The van der Waals surface area contributed by atoms with Crippen LogP contribution in [-0.2, 0) is 4.79 Å². The van der Waals surface area contributed by atoms with Crippen LogP contribution < -0.4 is 10.6 Å². The molecule has 0 radical (unpaired) electrons. The van der Waals surface area contributed by atoms with Gasteiger partial charge in [0.15, 0.2) is 0 Å². The fourth-order valence-corrected chi connectivity index (χ4v) is 1.03. The van der Waals surface area contributed by atoms with Crippen molar-refractivity contribution in [3.63, 3.8) is 0 Å². The number of aliphatic hydroxyl groups is 1. The monoisotopic (exact) mass is 216 g/mol. The molecule has 2 unspecified atom stereocenters. The Bertz CT molecular complexity index is 199. The molecule has 0 rings (SSSR count). The molecule has 0 aliphatic carbocycles. The minimum Gasteiger partial charge on any atom is -0.392 e. The molecule has 15 heavy (non-hydrogen) atoms. The molecule has 0 aliphatic heterocycles. The zero-order valence-electron chi connectivity index (χ0n) is 10.4. The number of aliphatic hydroxyl groups excluding tert-OH is 1. The van der Waals surface area contributed by atoms with Crippen LogP contribution >= 0.6 is 0 Å². The van der Waals surface area contributed by atoms with Crippen LogP contribution in [0.3, 0.4) is 0 Å². The zero-order chi connectivity index (χ0) is 12.1. The second-order valence-corrected chi connectivity index (χ2v) is 4.93. The predicted molar refractivity (Wildman–Crippen MR) is 61.7 cm³/mol. The average Bonchev–Trinajstić information content (AvgIpc) is 2.10. The van der Waals surface area contributed by atoms with Gasteiger partial charge >= 0.3 is 0 Å². The summed E-state index contributed by atoms with van der Waals surface area (Å²) in [7, 11) is 0. The van der Waals surface area contributed by atoms with Crippen molar-refractivity contribution in [1.29, 1.82) is 0 Å². The summed E-state index contributed by atoms with van der Waals surface area (Å²) in [5.74, 6) is -0.0363. The van der Waals surface area contributed by atoms with E-state index in [1.807, 2.05) is 27.7 Å². The Morgan fingerprint density at radius 3 is 2.33 bits per heavy atom. The van der Waals surface area contributed by atoms with E-state index in [0.29, 0.717) is 13.0 Å². The maximum Gasteiger partial charge on any atom is 0.237 e. The van der Waals surface area contributed by atoms with E-state index in [-0.39, 0.29) is 23.6 Å². The molecular formula is C11H24N2O2. The van der Waals surface area contributed by atoms with Crippen LogP contribution in [0.1, 0.15) is 41.0 Å². The molecule has 0 spiro atoms. The summed E-state index contributed by atoms with van der Waals surface area (Å²) in [6.45, 7) is 9.99. The Balaban J connectivity index is 3.90. The lowest BCUT2D eigenvalue weighted by atomic mass is 10.1. The van der Waals surface area contributed by atoms with Crippen molar-refractivity contribution in [1.82, 2.24) is 10.6 Å². The number of nitrogens with one attached hydrogen (secondary N) is 2. The van der Waals surface area contributed by atoms with Gasteiger partial charge in [-0.3, -0.25) is 4.79 Å². The standard InChI is InChI=1S/C11H24N2O2/c1-6-9(14)7-12-8(2)10(15)13-11(3,4)5/h8-9,12,14H,6-7H2,1-5H3,(H,13,15). The van der Waals surface area contributed by atoms with Gasteiger partial charge in [-0.15, -0.1) is 0 Å². The van der Waals surface area contributed by atoms with E-state index < -0.39 is 0 Å². The lowest BCUT2D eigenvalue weighted by Crippen LogP contribution is -2.50. The van der Waals surface area contributed by atoms with E-state index >= 15 is 0 Å². The third-order valence-corrected chi connectivity index (χ3v) is 2.02. The van der Waals surface area contributed by atoms with Gasteiger partial charge in [0.1, 0.15) is 0 Å². The Morgan fingerprint density at radius 2 is 1.93 bits per heavy atom. The van der Waals surface area contributed by atoms with Gasteiger partial charge in [0, 0.05) is 12.1 Å². The maximum absolute atomic E-state index is 11.6. The summed E-state index contributed by atoms with van der Waals surface area (Å²) < 4.78 is 0. The average molecular weight is 216 g/mol. The Labute approximate surface area is 92.4 Å². The first-order valence-electron chi connectivity index (χ1n) is 5.49. The van der Waals surface area contributed by atoms with Gasteiger partial charge in [-0.05, 0) is 34.1 Å². The van der Waals surface area contributed by atoms with Crippen LogP contribution in [0.5, 0.6) is 0 Å². The van der Waals surface area contributed by atoms with E-state index in [1.54, 1.807) is 6.92 Å². The Hall–Kier alpha value is -0.610. The second-order valence-electron chi connectivity index (χ2n) is 4.93. The molecule has 0 aliphatic rings. The van der Waals surface area contributed by atoms with Gasteiger partial charge in [-0.25, -0.2) is 0 Å². The van der Waals surface area contributed by atoms with Crippen molar-refractivity contribution in [3.8, 4) is 0 Å². The van der Waals surface area contributed by atoms with E-state index in [2.05, 4.69) is 10.6 Å². The van der Waals surface area contributed by atoms with Gasteiger partial charge in [-0.1, -0.05) is 6.92 Å². The highest BCUT2D eigenvalue weighted by Crippen LogP contribution is 1.99. The molecule has 2 atom stereocenters. The first kappa shape index (κ1) is 14.4. The highest BCUT2D eigenvalue weighted by atomic mass is 16.3. The first-order chi connectivity index (χ1) is 6.76. The Morgan fingerprint density at radius 1 is 1.40 bits per heavy atom. The van der Waals surface area contributed by atoms with Crippen LogP contribution in [-0.4, -0.2) is 35.2 Å². The molecule has 0 aromatic rings. The van der Waals surface area contributed by atoms with E-state index in [0.717, 1.165) is 0 Å². The minimum absolute atomic E-state index is 0.0363. The van der Waals surface area contributed by atoms with Crippen molar-refractivity contribution in [2.45, 2.75) is 58.7 Å². The normalized spacial score (nSPS) is 15.9. The lowest BCUT2D eigenvalue weighted by Gasteiger charge is -2.24. The van der Waals surface area contributed by atoms with E-state index in [4.69, 9.17) is 0 Å². The molecule has 0 aromatic carbocycles. The molecule has 90 valence electrons. The van der Waals surface area contributed by atoms with Crippen LogP contribution in [0.25, 0.3) is 0 Å². The molecule has 4 heteroatoms. The largest absolute Gasteiger partial charge is 0.392 e. The van der Waals surface area contributed by atoms with Gasteiger partial charge < -0.3 is 15.7 Å². The number of amides is 1. The van der Waals surface area contributed by atoms with Crippen molar-refractivity contribution in [2.75, 3.05) is 6.54 Å². The summed E-state index contributed by atoms with van der Waals surface area (Å²) in [5.41, 5.74) is -0.212. The van der Waals surface area contributed by atoms with Crippen LogP contribution in [0, 0.1) is 0 Å².